The summed E-state index contributed by atoms with van der Waals surface area (Å²) in [6, 6.07) is 7.81. The third-order valence-electron chi connectivity index (χ3n) is 1.99. The molecule has 0 fully saturated rings. The Morgan fingerprint density at radius 3 is 2.85 bits per heavy atom. The Morgan fingerprint density at radius 2 is 2.31 bits per heavy atom. The molecule has 1 rings (SSSR count). The summed E-state index contributed by atoms with van der Waals surface area (Å²) in [6.07, 6.45) is 1.86. The molecule has 1 aromatic rings. The van der Waals surface area contributed by atoms with Gasteiger partial charge in [0.15, 0.2) is 0 Å². The van der Waals surface area contributed by atoms with Crippen LogP contribution in [0.1, 0.15) is 24.0 Å². The summed E-state index contributed by atoms with van der Waals surface area (Å²) in [6.45, 7) is 5.78. The molecule has 0 saturated carbocycles. The lowest BCUT2D eigenvalue weighted by Gasteiger charge is -2.09. The zero-order chi connectivity index (χ0) is 9.84. The van der Waals surface area contributed by atoms with Crippen molar-refractivity contribution in [1.29, 1.82) is 5.26 Å². The molecule has 0 N–H and O–H groups in total. The van der Waals surface area contributed by atoms with Crippen LogP contribution in [0.2, 0.25) is 0 Å². The fourth-order valence-corrected chi connectivity index (χ4v) is 1.83. The van der Waals surface area contributed by atoms with Crippen LogP contribution in [0.4, 0.5) is 0 Å². The van der Waals surface area contributed by atoms with E-state index in [4.69, 9.17) is 5.26 Å². The highest BCUT2D eigenvalue weighted by Crippen LogP contribution is 2.28. The van der Waals surface area contributed by atoms with Gasteiger partial charge >= 0.3 is 0 Å². The molecule has 0 aromatic heterocycles. The highest BCUT2D eigenvalue weighted by molar-refractivity contribution is 9.10. The minimum absolute atomic E-state index is 0.266. The summed E-state index contributed by atoms with van der Waals surface area (Å²) in [5.41, 5.74) is 1.78. The summed E-state index contributed by atoms with van der Waals surface area (Å²) in [7, 11) is 0. The van der Waals surface area contributed by atoms with Crippen molar-refractivity contribution in [2.75, 3.05) is 0 Å². The van der Waals surface area contributed by atoms with Crippen molar-refractivity contribution in [2.24, 2.45) is 0 Å². The molecule has 0 heterocycles. The Bertz CT molecular complexity index is 363. The van der Waals surface area contributed by atoms with Gasteiger partial charge in [-0.2, -0.15) is 5.26 Å². The quantitative estimate of drug-likeness (QED) is 0.719. The smallest absolute Gasteiger partial charge is 0.100 e. The number of benzene rings is 1. The van der Waals surface area contributed by atoms with Gasteiger partial charge in [0.2, 0.25) is 0 Å². The number of rotatable bonds is 2. The van der Waals surface area contributed by atoms with Crippen LogP contribution in [0.25, 0.3) is 0 Å². The van der Waals surface area contributed by atoms with Crippen molar-refractivity contribution in [1.82, 2.24) is 0 Å². The van der Waals surface area contributed by atoms with Crippen LogP contribution in [0.15, 0.2) is 35.3 Å². The monoisotopic (exact) mass is 235 g/mol. The van der Waals surface area contributed by atoms with Crippen LogP contribution in [0, 0.1) is 11.3 Å². The second-order valence-electron chi connectivity index (χ2n) is 2.84. The van der Waals surface area contributed by atoms with E-state index in [-0.39, 0.29) is 5.92 Å². The Morgan fingerprint density at radius 1 is 1.62 bits per heavy atom. The number of allylic oxidation sites excluding steroid dienone is 1. The van der Waals surface area contributed by atoms with Crippen LogP contribution in [0.5, 0.6) is 0 Å². The average Bonchev–Trinajstić information content (AvgIpc) is 2.17. The predicted molar refractivity (Wildman–Crippen MR) is 57.5 cm³/mol. The van der Waals surface area contributed by atoms with Crippen molar-refractivity contribution >= 4 is 15.9 Å². The standard InChI is InChI=1S/C11H10BrN/c1-3-8(2)10-6-4-5-9(7-13)11(10)12/h3-6,8H,1H2,2H3. The van der Waals surface area contributed by atoms with Gasteiger partial charge in [-0.15, -0.1) is 6.58 Å². The molecule has 0 aliphatic carbocycles. The SMILES string of the molecule is C=CC(C)c1cccc(C#N)c1Br. The molecule has 0 bridgehead atoms. The Hall–Kier alpha value is -1.07. The van der Waals surface area contributed by atoms with E-state index in [9.17, 15) is 0 Å². The Balaban J connectivity index is 3.25. The number of hydrogen-bond donors (Lipinski definition) is 0. The topological polar surface area (TPSA) is 23.8 Å². The first-order valence-electron chi connectivity index (χ1n) is 4.01. The van der Waals surface area contributed by atoms with E-state index in [0.29, 0.717) is 5.56 Å². The molecular weight excluding hydrogens is 226 g/mol. The lowest BCUT2D eigenvalue weighted by molar-refractivity contribution is 0.962. The van der Waals surface area contributed by atoms with Gasteiger partial charge in [-0.3, -0.25) is 0 Å². The molecule has 0 radical (unpaired) electrons. The van der Waals surface area contributed by atoms with Gasteiger partial charge in [-0.05, 0) is 33.5 Å². The van der Waals surface area contributed by atoms with Crippen LogP contribution in [-0.2, 0) is 0 Å². The van der Waals surface area contributed by atoms with E-state index in [1.807, 2.05) is 25.1 Å². The molecule has 1 unspecified atom stereocenters. The van der Waals surface area contributed by atoms with E-state index in [1.165, 1.54) is 0 Å². The van der Waals surface area contributed by atoms with E-state index in [2.05, 4.69) is 28.6 Å². The fourth-order valence-electron chi connectivity index (χ4n) is 1.11. The lowest BCUT2D eigenvalue weighted by Crippen LogP contribution is -1.92. The van der Waals surface area contributed by atoms with E-state index < -0.39 is 0 Å². The second-order valence-corrected chi connectivity index (χ2v) is 3.64. The molecule has 66 valence electrons. The molecule has 1 aromatic carbocycles. The third-order valence-corrected chi connectivity index (χ3v) is 2.88. The highest BCUT2D eigenvalue weighted by Gasteiger charge is 2.08. The molecule has 0 aliphatic rings. The highest BCUT2D eigenvalue weighted by atomic mass is 79.9. The van der Waals surface area contributed by atoms with Crippen molar-refractivity contribution in [2.45, 2.75) is 12.8 Å². The summed E-state index contributed by atoms with van der Waals surface area (Å²) in [5.74, 6) is 0.266. The van der Waals surface area contributed by atoms with Crippen molar-refractivity contribution in [3.05, 3.63) is 46.5 Å². The maximum Gasteiger partial charge on any atom is 0.100 e. The van der Waals surface area contributed by atoms with Crippen molar-refractivity contribution in [3.63, 3.8) is 0 Å². The molecule has 1 atom stereocenters. The molecule has 2 heteroatoms. The number of halogens is 1. The van der Waals surface area contributed by atoms with Gasteiger partial charge in [0.05, 0.1) is 5.56 Å². The van der Waals surface area contributed by atoms with Gasteiger partial charge in [-0.1, -0.05) is 25.1 Å². The first-order valence-corrected chi connectivity index (χ1v) is 4.81. The van der Waals surface area contributed by atoms with Crippen molar-refractivity contribution in [3.8, 4) is 6.07 Å². The first-order chi connectivity index (χ1) is 6.20. The van der Waals surface area contributed by atoms with Gasteiger partial charge in [0, 0.05) is 4.47 Å². The summed E-state index contributed by atoms with van der Waals surface area (Å²) in [4.78, 5) is 0. The Kier molecular flexibility index (Phi) is 3.27. The zero-order valence-corrected chi connectivity index (χ0v) is 9.01. The van der Waals surface area contributed by atoms with Crippen LogP contribution >= 0.6 is 15.9 Å². The summed E-state index contributed by atoms with van der Waals surface area (Å²) >= 11 is 3.41. The number of nitriles is 1. The largest absolute Gasteiger partial charge is 0.192 e. The average molecular weight is 236 g/mol. The van der Waals surface area contributed by atoms with Gasteiger partial charge < -0.3 is 0 Å². The Labute approximate surface area is 86.8 Å². The molecule has 0 spiro atoms. The van der Waals surface area contributed by atoms with E-state index in [1.54, 1.807) is 6.07 Å². The molecule has 0 aliphatic heterocycles. The second kappa shape index (κ2) is 4.25. The normalized spacial score (nSPS) is 11.8. The number of nitrogens with zero attached hydrogens (tertiary/aromatic N) is 1. The minimum Gasteiger partial charge on any atom is -0.192 e. The predicted octanol–water partition coefficient (Wildman–Crippen LogP) is 3.61. The summed E-state index contributed by atoms with van der Waals surface area (Å²) in [5, 5.41) is 8.79. The van der Waals surface area contributed by atoms with Gasteiger partial charge in [0.25, 0.3) is 0 Å². The van der Waals surface area contributed by atoms with E-state index in [0.717, 1.165) is 10.0 Å². The van der Waals surface area contributed by atoms with Gasteiger partial charge in [0.1, 0.15) is 6.07 Å². The molecule has 13 heavy (non-hydrogen) atoms. The maximum absolute atomic E-state index is 8.79. The zero-order valence-electron chi connectivity index (χ0n) is 7.42. The summed E-state index contributed by atoms with van der Waals surface area (Å²) < 4.78 is 0.880. The lowest BCUT2D eigenvalue weighted by atomic mass is 10.00. The molecule has 1 nitrogen and oxygen atoms in total. The fraction of sp³-hybridized carbons (Fsp3) is 0.182. The van der Waals surface area contributed by atoms with Crippen LogP contribution < -0.4 is 0 Å². The minimum atomic E-state index is 0.266. The van der Waals surface area contributed by atoms with Crippen LogP contribution in [-0.4, -0.2) is 0 Å². The third kappa shape index (κ3) is 1.99. The molecule has 0 amide bonds. The van der Waals surface area contributed by atoms with Crippen molar-refractivity contribution < 1.29 is 0 Å². The maximum atomic E-state index is 8.79. The molecule has 0 saturated heterocycles. The van der Waals surface area contributed by atoms with E-state index >= 15 is 0 Å². The van der Waals surface area contributed by atoms with Crippen LogP contribution in [0.3, 0.4) is 0 Å². The first kappa shape index (κ1) is 10.0. The molecular formula is C11H10BrN. The van der Waals surface area contributed by atoms with Gasteiger partial charge in [-0.25, -0.2) is 0 Å². The number of hydrogen-bond acceptors (Lipinski definition) is 1.